The van der Waals surface area contributed by atoms with Crippen LogP contribution in [0.1, 0.15) is 12.6 Å². The van der Waals surface area contributed by atoms with Gasteiger partial charge in [0.1, 0.15) is 11.3 Å². The Hall–Kier alpha value is -1.62. The lowest BCUT2D eigenvalue weighted by Crippen LogP contribution is -2.48. The van der Waals surface area contributed by atoms with Crippen LogP contribution in [0.5, 0.6) is 0 Å². The number of hydrogen-bond acceptors (Lipinski definition) is 4. The van der Waals surface area contributed by atoms with Crippen molar-refractivity contribution in [2.45, 2.75) is 19.6 Å². The summed E-state index contributed by atoms with van der Waals surface area (Å²) in [5.74, 6) is -1.45. The topological polar surface area (TPSA) is 59.5 Å². The third-order valence-electron chi connectivity index (χ3n) is 2.37. The lowest BCUT2D eigenvalue weighted by Gasteiger charge is -2.29. The third-order valence-corrected chi connectivity index (χ3v) is 2.58. The average Bonchev–Trinajstić information content (AvgIpc) is 2.25. The number of pyridine rings is 1. The van der Waals surface area contributed by atoms with E-state index in [-0.39, 0.29) is 12.6 Å². The molecule has 2 heterocycles. The Balaban J connectivity index is 2.12. The molecule has 1 fully saturated rings. The maximum absolute atomic E-state index is 11.6. The smallest absolute Gasteiger partial charge is 0.397 e. The van der Waals surface area contributed by atoms with E-state index in [0.717, 1.165) is 0 Å². The van der Waals surface area contributed by atoms with Crippen molar-refractivity contribution < 1.29 is 14.3 Å². The minimum Gasteiger partial charge on any atom is -0.454 e. The average molecular weight is 255 g/mol. The van der Waals surface area contributed by atoms with Gasteiger partial charge in [0.25, 0.3) is 0 Å². The van der Waals surface area contributed by atoms with Crippen molar-refractivity contribution in [3.05, 3.63) is 29.0 Å². The van der Waals surface area contributed by atoms with E-state index in [2.05, 4.69) is 4.98 Å². The Bertz CT molecular complexity index is 464. The van der Waals surface area contributed by atoms with Gasteiger partial charge in [0.05, 0.1) is 18.8 Å². The van der Waals surface area contributed by atoms with E-state index in [9.17, 15) is 9.59 Å². The summed E-state index contributed by atoms with van der Waals surface area (Å²) in [6.45, 7) is 2.38. The molecule has 5 nitrogen and oxygen atoms in total. The number of morpholine rings is 1. The second-order valence-corrected chi connectivity index (χ2v) is 4.24. The lowest BCUT2D eigenvalue weighted by atomic mass is 10.2. The second kappa shape index (κ2) is 4.71. The molecule has 0 unspecified atom stereocenters. The highest BCUT2D eigenvalue weighted by Crippen LogP contribution is 2.12. The molecule has 1 aliphatic heterocycles. The van der Waals surface area contributed by atoms with Crippen LogP contribution in [0.2, 0.25) is 5.15 Å². The van der Waals surface area contributed by atoms with Crippen LogP contribution in [0, 0.1) is 0 Å². The quantitative estimate of drug-likeness (QED) is 0.449. The number of amides is 1. The molecule has 0 aromatic carbocycles. The van der Waals surface area contributed by atoms with Crippen LogP contribution in [0.4, 0.5) is 0 Å². The summed E-state index contributed by atoms with van der Waals surface area (Å²) in [5, 5.41) is 0.364. The summed E-state index contributed by atoms with van der Waals surface area (Å²) in [4.78, 5) is 28.2. The zero-order valence-electron chi connectivity index (χ0n) is 9.22. The second-order valence-electron chi connectivity index (χ2n) is 3.85. The van der Waals surface area contributed by atoms with Gasteiger partial charge in [-0.2, -0.15) is 0 Å². The molecule has 1 aliphatic rings. The van der Waals surface area contributed by atoms with E-state index >= 15 is 0 Å². The Morgan fingerprint density at radius 2 is 2.29 bits per heavy atom. The molecule has 17 heavy (non-hydrogen) atoms. The zero-order chi connectivity index (χ0) is 12.4. The summed E-state index contributed by atoms with van der Waals surface area (Å²) in [6, 6.07) is 5.16. The van der Waals surface area contributed by atoms with Crippen LogP contribution >= 0.6 is 11.6 Å². The van der Waals surface area contributed by atoms with Gasteiger partial charge in [-0.1, -0.05) is 17.7 Å². The standard InChI is InChI=1S/C11H11ClN2O3/c1-7-5-14(10(15)11(16)17-7)6-8-3-2-4-9(12)13-8/h2-4,7H,5-6H2,1H3/t7-/m0/s1. The highest BCUT2D eigenvalue weighted by atomic mass is 35.5. The molecule has 1 aromatic rings. The Morgan fingerprint density at radius 3 is 3.00 bits per heavy atom. The molecule has 0 saturated carbocycles. The fourth-order valence-electron chi connectivity index (χ4n) is 1.66. The SMILES string of the molecule is C[C@H]1CN(Cc2cccc(Cl)n2)C(=O)C(=O)O1. The van der Waals surface area contributed by atoms with Gasteiger partial charge >= 0.3 is 11.9 Å². The van der Waals surface area contributed by atoms with Crippen LogP contribution < -0.4 is 0 Å². The Morgan fingerprint density at radius 1 is 1.53 bits per heavy atom. The molecule has 1 atom stereocenters. The van der Waals surface area contributed by atoms with Gasteiger partial charge in [0, 0.05) is 0 Å². The number of aromatic nitrogens is 1. The highest BCUT2D eigenvalue weighted by molar-refractivity contribution is 6.32. The normalized spacial score (nSPS) is 20.4. The van der Waals surface area contributed by atoms with Crippen molar-refractivity contribution >= 4 is 23.5 Å². The molecule has 0 spiro atoms. The number of esters is 1. The predicted molar refractivity (Wildman–Crippen MR) is 60.2 cm³/mol. The van der Waals surface area contributed by atoms with E-state index in [4.69, 9.17) is 16.3 Å². The number of ether oxygens (including phenoxy) is 1. The number of halogens is 1. The maximum Gasteiger partial charge on any atom is 0.397 e. The van der Waals surface area contributed by atoms with Crippen LogP contribution in [-0.2, 0) is 20.9 Å². The van der Waals surface area contributed by atoms with Crippen molar-refractivity contribution in [1.82, 2.24) is 9.88 Å². The van der Waals surface area contributed by atoms with Gasteiger partial charge in [-0.25, -0.2) is 9.78 Å². The molecule has 1 amide bonds. The molecule has 1 saturated heterocycles. The first-order valence-electron chi connectivity index (χ1n) is 5.17. The summed E-state index contributed by atoms with van der Waals surface area (Å²) in [7, 11) is 0. The molecular formula is C11H11ClN2O3. The first kappa shape index (κ1) is 11.9. The largest absolute Gasteiger partial charge is 0.454 e. The third kappa shape index (κ3) is 2.74. The van der Waals surface area contributed by atoms with Crippen molar-refractivity contribution in [2.24, 2.45) is 0 Å². The first-order chi connectivity index (χ1) is 8.06. The van der Waals surface area contributed by atoms with Crippen molar-refractivity contribution in [1.29, 1.82) is 0 Å². The van der Waals surface area contributed by atoms with Gasteiger partial charge < -0.3 is 9.64 Å². The van der Waals surface area contributed by atoms with Crippen molar-refractivity contribution in [2.75, 3.05) is 6.54 Å². The van der Waals surface area contributed by atoms with Crippen LogP contribution in [0.25, 0.3) is 0 Å². The number of cyclic esters (lactones) is 1. The van der Waals surface area contributed by atoms with E-state index in [0.29, 0.717) is 17.4 Å². The summed E-state index contributed by atoms with van der Waals surface area (Å²) in [6.07, 6.45) is -0.292. The molecule has 0 N–H and O–H groups in total. The van der Waals surface area contributed by atoms with E-state index in [1.54, 1.807) is 25.1 Å². The van der Waals surface area contributed by atoms with Gasteiger partial charge in [-0.3, -0.25) is 4.79 Å². The molecule has 6 heteroatoms. The number of carbonyl (C=O) groups excluding carboxylic acids is 2. The molecule has 0 radical (unpaired) electrons. The Kier molecular flexibility index (Phi) is 3.28. The predicted octanol–water partition coefficient (Wildman–Crippen LogP) is 1.01. The highest BCUT2D eigenvalue weighted by Gasteiger charge is 2.32. The minimum absolute atomic E-state index is 0.263. The molecule has 90 valence electrons. The van der Waals surface area contributed by atoms with Crippen LogP contribution in [0.15, 0.2) is 18.2 Å². The van der Waals surface area contributed by atoms with E-state index in [1.807, 2.05) is 0 Å². The van der Waals surface area contributed by atoms with Gasteiger partial charge in [-0.05, 0) is 19.1 Å². The van der Waals surface area contributed by atoms with Crippen molar-refractivity contribution in [3.8, 4) is 0 Å². The fourth-order valence-corrected chi connectivity index (χ4v) is 1.84. The zero-order valence-corrected chi connectivity index (χ0v) is 9.98. The van der Waals surface area contributed by atoms with Crippen LogP contribution in [0.3, 0.4) is 0 Å². The van der Waals surface area contributed by atoms with Gasteiger partial charge in [-0.15, -0.1) is 0 Å². The molecular weight excluding hydrogens is 244 g/mol. The fraction of sp³-hybridized carbons (Fsp3) is 0.364. The molecule has 2 rings (SSSR count). The number of nitrogens with zero attached hydrogens (tertiary/aromatic N) is 2. The Labute approximate surface area is 103 Å². The molecule has 0 aliphatic carbocycles. The number of carbonyl (C=O) groups is 2. The summed E-state index contributed by atoms with van der Waals surface area (Å²) >= 11 is 5.75. The monoisotopic (exact) mass is 254 g/mol. The van der Waals surface area contributed by atoms with E-state index in [1.165, 1.54) is 4.90 Å². The number of hydrogen-bond donors (Lipinski definition) is 0. The molecule has 0 bridgehead atoms. The minimum atomic E-state index is -0.814. The van der Waals surface area contributed by atoms with Crippen molar-refractivity contribution in [3.63, 3.8) is 0 Å². The first-order valence-corrected chi connectivity index (χ1v) is 5.55. The maximum atomic E-state index is 11.6. The van der Waals surface area contributed by atoms with Crippen LogP contribution in [-0.4, -0.2) is 34.4 Å². The number of rotatable bonds is 2. The van der Waals surface area contributed by atoms with Gasteiger partial charge in [0.2, 0.25) is 0 Å². The lowest BCUT2D eigenvalue weighted by molar-refractivity contribution is -0.172. The van der Waals surface area contributed by atoms with Gasteiger partial charge in [0.15, 0.2) is 0 Å². The summed E-state index contributed by atoms with van der Waals surface area (Å²) in [5.41, 5.74) is 0.646. The van der Waals surface area contributed by atoms with E-state index < -0.39 is 11.9 Å². The molecule has 1 aromatic heterocycles. The summed E-state index contributed by atoms with van der Waals surface area (Å²) < 4.78 is 4.81.